The standard InChI is InChI=1S/C13H17N3/c1-10-12(9-14-2)15-13(16(10)3)11-7-5-4-6-8-11/h4-8,14H,9H2,1-3H3. The Morgan fingerprint density at radius 1 is 1.25 bits per heavy atom. The van der Waals surface area contributed by atoms with Crippen molar-refractivity contribution in [1.82, 2.24) is 14.9 Å². The van der Waals surface area contributed by atoms with E-state index in [1.165, 1.54) is 5.69 Å². The van der Waals surface area contributed by atoms with Gasteiger partial charge in [-0.2, -0.15) is 0 Å². The lowest BCUT2D eigenvalue weighted by molar-refractivity contribution is 0.783. The molecule has 0 unspecified atom stereocenters. The topological polar surface area (TPSA) is 29.9 Å². The molecule has 0 amide bonds. The van der Waals surface area contributed by atoms with Gasteiger partial charge in [0, 0.05) is 24.8 Å². The molecule has 0 aliphatic carbocycles. The normalized spacial score (nSPS) is 10.7. The van der Waals surface area contributed by atoms with Crippen LogP contribution in [-0.4, -0.2) is 16.6 Å². The summed E-state index contributed by atoms with van der Waals surface area (Å²) in [5.74, 6) is 1.03. The third kappa shape index (κ3) is 1.86. The lowest BCUT2D eigenvalue weighted by atomic mass is 10.2. The van der Waals surface area contributed by atoms with Gasteiger partial charge in [0.05, 0.1) is 5.69 Å². The Kier molecular flexibility index (Phi) is 3.06. The van der Waals surface area contributed by atoms with Gasteiger partial charge in [0.15, 0.2) is 0 Å². The van der Waals surface area contributed by atoms with Crippen LogP contribution in [0.1, 0.15) is 11.4 Å². The Labute approximate surface area is 96.1 Å². The second-order valence-electron chi connectivity index (χ2n) is 3.92. The van der Waals surface area contributed by atoms with E-state index >= 15 is 0 Å². The lowest BCUT2D eigenvalue weighted by Crippen LogP contribution is -2.07. The van der Waals surface area contributed by atoms with Crippen molar-refractivity contribution in [2.45, 2.75) is 13.5 Å². The Hall–Kier alpha value is -1.61. The predicted octanol–water partition coefficient (Wildman–Crippen LogP) is 2.11. The third-order valence-electron chi connectivity index (χ3n) is 2.86. The van der Waals surface area contributed by atoms with Crippen LogP contribution >= 0.6 is 0 Å². The first-order chi connectivity index (χ1) is 7.74. The molecule has 0 atom stereocenters. The summed E-state index contributed by atoms with van der Waals surface area (Å²) in [6.45, 7) is 2.92. The van der Waals surface area contributed by atoms with Crippen molar-refractivity contribution in [2.75, 3.05) is 7.05 Å². The van der Waals surface area contributed by atoms with Crippen LogP contribution in [0.2, 0.25) is 0 Å². The van der Waals surface area contributed by atoms with Crippen molar-refractivity contribution in [3.05, 3.63) is 41.7 Å². The number of nitrogens with one attached hydrogen (secondary N) is 1. The molecule has 1 aromatic carbocycles. The van der Waals surface area contributed by atoms with Gasteiger partial charge in [0.1, 0.15) is 5.82 Å². The smallest absolute Gasteiger partial charge is 0.140 e. The number of imidazole rings is 1. The third-order valence-corrected chi connectivity index (χ3v) is 2.86. The van der Waals surface area contributed by atoms with Crippen molar-refractivity contribution in [2.24, 2.45) is 7.05 Å². The van der Waals surface area contributed by atoms with Crippen molar-refractivity contribution < 1.29 is 0 Å². The van der Waals surface area contributed by atoms with Gasteiger partial charge in [0.25, 0.3) is 0 Å². The molecule has 0 saturated heterocycles. The summed E-state index contributed by atoms with van der Waals surface area (Å²) in [7, 11) is 4.00. The summed E-state index contributed by atoms with van der Waals surface area (Å²) in [4.78, 5) is 4.67. The summed E-state index contributed by atoms with van der Waals surface area (Å²) in [6, 6.07) is 10.3. The van der Waals surface area contributed by atoms with Gasteiger partial charge in [-0.25, -0.2) is 4.98 Å². The molecule has 3 nitrogen and oxygen atoms in total. The van der Waals surface area contributed by atoms with Crippen molar-refractivity contribution in [3.8, 4) is 11.4 Å². The van der Waals surface area contributed by atoms with E-state index in [0.29, 0.717) is 0 Å². The fraction of sp³-hybridized carbons (Fsp3) is 0.308. The predicted molar refractivity (Wildman–Crippen MR) is 66.1 cm³/mol. The highest BCUT2D eigenvalue weighted by Gasteiger charge is 2.11. The van der Waals surface area contributed by atoms with E-state index in [9.17, 15) is 0 Å². The maximum Gasteiger partial charge on any atom is 0.140 e. The zero-order valence-electron chi connectivity index (χ0n) is 9.99. The van der Waals surface area contributed by atoms with Crippen LogP contribution in [0.5, 0.6) is 0 Å². The van der Waals surface area contributed by atoms with Gasteiger partial charge >= 0.3 is 0 Å². The molecule has 1 N–H and O–H groups in total. The second-order valence-corrected chi connectivity index (χ2v) is 3.92. The summed E-state index contributed by atoms with van der Waals surface area (Å²) in [5.41, 5.74) is 3.49. The molecule has 84 valence electrons. The van der Waals surface area contributed by atoms with E-state index in [2.05, 4.69) is 41.0 Å². The van der Waals surface area contributed by atoms with Gasteiger partial charge in [-0.3, -0.25) is 0 Å². The first kappa shape index (κ1) is 10.9. The molecule has 0 saturated carbocycles. The van der Waals surface area contributed by atoms with Crippen LogP contribution in [-0.2, 0) is 13.6 Å². The molecule has 0 radical (unpaired) electrons. The molecule has 0 aliphatic rings. The van der Waals surface area contributed by atoms with Gasteiger partial charge in [0.2, 0.25) is 0 Å². The van der Waals surface area contributed by atoms with Crippen molar-refractivity contribution >= 4 is 0 Å². The first-order valence-electron chi connectivity index (χ1n) is 5.46. The Morgan fingerprint density at radius 3 is 2.56 bits per heavy atom. The molecule has 3 heteroatoms. The van der Waals surface area contributed by atoms with E-state index in [1.54, 1.807) is 0 Å². The van der Waals surface area contributed by atoms with E-state index in [4.69, 9.17) is 0 Å². The van der Waals surface area contributed by atoms with Crippen LogP contribution in [0.25, 0.3) is 11.4 Å². The number of aromatic nitrogens is 2. The minimum absolute atomic E-state index is 0.812. The Morgan fingerprint density at radius 2 is 1.94 bits per heavy atom. The van der Waals surface area contributed by atoms with Crippen molar-refractivity contribution in [3.63, 3.8) is 0 Å². The van der Waals surface area contributed by atoms with E-state index in [0.717, 1.165) is 23.6 Å². The number of rotatable bonds is 3. The SMILES string of the molecule is CNCc1nc(-c2ccccc2)n(C)c1C. The Bertz CT molecular complexity index is 471. The molecular formula is C13H17N3. The molecule has 0 bridgehead atoms. The van der Waals surface area contributed by atoms with E-state index < -0.39 is 0 Å². The van der Waals surface area contributed by atoms with Gasteiger partial charge in [-0.1, -0.05) is 30.3 Å². The summed E-state index contributed by atoms with van der Waals surface area (Å²) >= 11 is 0. The molecular weight excluding hydrogens is 198 g/mol. The van der Waals surface area contributed by atoms with E-state index in [-0.39, 0.29) is 0 Å². The quantitative estimate of drug-likeness (QED) is 0.850. The molecule has 2 aromatic rings. The monoisotopic (exact) mass is 215 g/mol. The van der Waals surface area contributed by atoms with Crippen LogP contribution in [0, 0.1) is 6.92 Å². The largest absolute Gasteiger partial charge is 0.331 e. The van der Waals surface area contributed by atoms with Crippen LogP contribution in [0.15, 0.2) is 30.3 Å². The van der Waals surface area contributed by atoms with Gasteiger partial charge in [-0.15, -0.1) is 0 Å². The summed E-state index contributed by atoms with van der Waals surface area (Å²) in [6.07, 6.45) is 0. The second kappa shape index (κ2) is 4.49. The van der Waals surface area contributed by atoms with Gasteiger partial charge in [-0.05, 0) is 14.0 Å². The minimum Gasteiger partial charge on any atom is -0.331 e. The zero-order valence-corrected chi connectivity index (χ0v) is 9.99. The van der Waals surface area contributed by atoms with Gasteiger partial charge < -0.3 is 9.88 Å². The Balaban J connectivity index is 2.46. The molecule has 1 aromatic heterocycles. The van der Waals surface area contributed by atoms with Crippen LogP contribution in [0.4, 0.5) is 0 Å². The number of hydrogen-bond donors (Lipinski definition) is 1. The summed E-state index contributed by atoms with van der Waals surface area (Å²) < 4.78 is 2.14. The molecule has 0 spiro atoms. The molecule has 2 rings (SSSR count). The first-order valence-corrected chi connectivity index (χ1v) is 5.46. The highest BCUT2D eigenvalue weighted by molar-refractivity contribution is 5.56. The zero-order chi connectivity index (χ0) is 11.5. The average Bonchev–Trinajstić information content (AvgIpc) is 2.59. The molecule has 1 heterocycles. The van der Waals surface area contributed by atoms with Crippen LogP contribution < -0.4 is 5.32 Å². The fourth-order valence-corrected chi connectivity index (χ4v) is 1.82. The van der Waals surface area contributed by atoms with E-state index in [1.807, 2.05) is 25.2 Å². The maximum atomic E-state index is 4.67. The lowest BCUT2D eigenvalue weighted by Gasteiger charge is -2.02. The van der Waals surface area contributed by atoms with Crippen molar-refractivity contribution in [1.29, 1.82) is 0 Å². The summed E-state index contributed by atoms with van der Waals surface area (Å²) in [5, 5.41) is 3.14. The highest BCUT2D eigenvalue weighted by atomic mass is 15.1. The average molecular weight is 215 g/mol. The molecule has 0 fully saturated rings. The minimum atomic E-state index is 0.812. The molecule has 16 heavy (non-hydrogen) atoms. The number of hydrogen-bond acceptors (Lipinski definition) is 2. The van der Waals surface area contributed by atoms with Crippen LogP contribution in [0.3, 0.4) is 0 Å². The molecule has 0 aliphatic heterocycles. The number of benzene rings is 1. The fourth-order valence-electron chi connectivity index (χ4n) is 1.82. The maximum absolute atomic E-state index is 4.67. The highest BCUT2D eigenvalue weighted by Crippen LogP contribution is 2.20. The number of nitrogens with zero attached hydrogens (tertiary/aromatic N) is 2.